The third kappa shape index (κ3) is 4.02. The highest BCUT2D eigenvalue weighted by Crippen LogP contribution is 2.35. The van der Waals surface area contributed by atoms with E-state index in [1.165, 1.54) is 0 Å². The molecule has 2 aromatic rings. The first-order valence-corrected chi connectivity index (χ1v) is 8.90. The second-order valence-electron chi connectivity index (χ2n) is 6.05. The topological polar surface area (TPSA) is 46.2 Å². The molecule has 5 nitrogen and oxygen atoms in total. The van der Waals surface area contributed by atoms with Gasteiger partial charge in [-0.25, -0.2) is 0 Å². The predicted octanol–water partition coefficient (Wildman–Crippen LogP) is 4.22. The molecule has 0 aliphatic carbocycles. The smallest absolute Gasteiger partial charge is 0.231 e. The molecule has 1 unspecified atom stereocenters. The highest BCUT2D eigenvalue weighted by molar-refractivity contribution is 5.49. The molecule has 2 aromatic carbocycles. The molecule has 5 heteroatoms. The molecule has 138 valence electrons. The molecular formula is C22H20O5. The van der Waals surface area contributed by atoms with Crippen LogP contribution < -0.4 is 18.9 Å². The third-order valence-electron chi connectivity index (χ3n) is 4.21. The summed E-state index contributed by atoms with van der Waals surface area (Å²) in [5.74, 6) is 9.16. The van der Waals surface area contributed by atoms with E-state index in [1.54, 1.807) is 0 Å². The van der Waals surface area contributed by atoms with Crippen LogP contribution in [0.4, 0.5) is 0 Å². The zero-order valence-electron chi connectivity index (χ0n) is 15.1. The van der Waals surface area contributed by atoms with Crippen molar-refractivity contribution in [3.63, 3.8) is 0 Å². The minimum Gasteiger partial charge on any atom is -0.454 e. The number of ether oxygens (including phenoxy) is 5. The summed E-state index contributed by atoms with van der Waals surface area (Å²) in [5.41, 5.74) is 1.88. The van der Waals surface area contributed by atoms with Crippen molar-refractivity contribution in [1.29, 1.82) is 0 Å². The number of fused-ring (bicyclic) bond motifs is 2. The highest BCUT2D eigenvalue weighted by atomic mass is 16.7. The Labute approximate surface area is 158 Å². The van der Waals surface area contributed by atoms with Crippen LogP contribution >= 0.6 is 0 Å². The molecule has 0 bridgehead atoms. The molecule has 0 spiro atoms. The molecule has 0 N–H and O–H groups in total. The van der Waals surface area contributed by atoms with Gasteiger partial charge in [0, 0.05) is 5.56 Å². The summed E-state index contributed by atoms with van der Waals surface area (Å²) in [6, 6.07) is 11.5. The molecule has 0 saturated carbocycles. The van der Waals surface area contributed by atoms with Crippen molar-refractivity contribution in [3.05, 3.63) is 59.7 Å². The zero-order chi connectivity index (χ0) is 18.5. The lowest BCUT2D eigenvalue weighted by Crippen LogP contribution is -2.02. The largest absolute Gasteiger partial charge is 0.454 e. The molecule has 2 aliphatic rings. The van der Waals surface area contributed by atoms with Gasteiger partial charge in [-0.2, -0.15) is 0 Å². The fourth-order valence-electron chi connectivity index (χ4n) is 2.86. The molecule has 4 rings (SSSR count). The third-order valence-corrected chi connectivity index (χ3v) is 4.21. The Kier molecular flexibility index (Phi) is 5.17. The molecule has 27 heavy (non-hydrogen) atoms. The first-order valence-electron chi connectivity index (χ1n) is 8.90. The second kappa shape index (κ2) is 8.07. The van der Waals surface area contributed by atoms with E-state index >= 15 is 0 Å². The molecule has 0 saturated heterocycles. The van der Waals surface area contributed by atoms with Crippen LogP contribution in [0.3, 0.4) is 0 Å². The Hall–Kier alpha value is -3.10. The van der Waals surface area contributed by atoms with E-state index in [0.717, 1.165) is 40.5 Å². The van der Waals surface area contributed by atoms with Gasteiger partial charge in [-0.05, 0) is 42.3 Å². The fraction of sp³-hybridized carbons (Fsp3) is 0.273. The van der Waals surface area contributed by atoms with Gasteiger partial charge in [0.25, 0.3) is 0 Å². The number of allylic oxidation sites excluding steroid dienone is 1. The molecule has 0 fully saturated rings. The second-order valence-corrected chi connectivity index (χ2v) is 6.05. The van der Waals surface area contributed by atoms with Crippen LogP contribution in [-0.2, 0) is 4.74 Å². The van der Waals surface area contributed by atoms with E-state index < -0.39 is 0 Å². The first kappa shape index (κ1) is 17.3. The normalized spacial score (nSPS) is 14.9. The Morgan fingerprint density at radius 3 is 2.44 bits per heavy atom. The average Bonchev–Trinajstić information content (AvgIpc) is 3.35. The van der Waals surface area contributed by atoms with Gasteiger partial charge in [-0.1, -0.05) is 37.0 Å². The molecule has 2 aliphatic heterocycles. The van der Waals surface area contributed by atoms with Gasteiger partial charge in [-0.3, -0.25) is 0 Å². The van der Waals surface area contributed by atoms with E-state index in [0.29, 0.717) is 6.61 Å². The van der Waals surface area contributed by atoms with E-state index in [2.05, 4.69) is 24.8 Å². The minimum absolute atomic E-state index is 0.189. The fourth-order valence-corrected chi connectivity index (χ4v) is 2.86. The van der Waals surface area contributed by atoms with Crippen LogP contribution in [0.15, 0.2) is 48.6 Å². The predicted molar refractivity (Wildman–Crippen MR) is 100 cm³/mol. The Balaban J connectivity index is 1.43. The molecule has 0 amide bonds. The minimum atomic E-state index is -0.189. The van der Waals surface area contributed by atoms with Crippen molar-refractivity contribution in [1.82, 2.24) is 0 Å². The van der Waals surface area contributed by atoms with Crippen molar-refractivity contribution in [2.24, 2.45) is 0 Å². The SMILES string of the molecule is CC/C=C/C(OCC#Cc1ccc2c(c1)OCO2)c1ccc2c(c1)OCO2. The summed E-state index contributed by atoms with van der Waals surface area (Å²) in [6.07, 6.45) is 4.87. The van der Waals surface area contributed by atoms with Crippen molar-refractivity contribution >= 4 is 0 Å². The average molecular weight is 364 g/mol. The first-order chi connectivity index (χ1) is 13.3. The number of hydrogen-bond donors (Lipinski definition) is 0. The van der Waals surface area contributed by atoms with Gasteiger partial charge in [0.15, 0.2) is 23.0 Å². The lowest BCUT2D eigenvalue weighted by molar-refractivity contribution is 0.114. The van der Waals surface area contributed by atoms with Gasteiger partial charge in [0.05, 0.1) is 0 Å². The van der Waals surface area contributed by atoms with Crippen LogP contribution in [0.2, 0.25) is 0 Å². The van der Waals surface area contributed by atoms with Crippen molar-refractivity contribution in [3.8, 4) is 34.8 Å². The van der Waals surface area contributed by atoms with Crippen molar-refractivity contribution in [2.75, 3.05) is 20.2 Å². The summed E-state index contributed by atoms with van der Waals surface area (Å²) in [5, 5.41) is 0. The summed E-state index contributed by atoms with van der Waals surface area (Å²) in [6.45, 7) is 2.92. The van der Waals surface area contributed by atoms with Crippen LogP contribution in [0.5, 0.6) is 23.0 Å². The van der Waals surface area contributed by atoms with Crippen molar-refractivity contribution < 1.29 is 23.7 Å². The van der Waals surface area contributed by atoms with Gasteiger partial charge in [-0.15, -0.1) is 0 Å². The quantitative estimate of drug-likeness (QED) is 0.587. The highest BCUT2D eigenvalue weighted by Gasteiger charge is 2.17. The van der Waals surface area contributed by atoms with Crippen LogP contribution in [0.1, 0.15) is 30.6 Å². The molecule has 0 aromatic heterocycles. The molecule has 0 radical (unpaired) electrons. The van der Waals surface area contributed by atoms with Crippen molar-refractivity contribution in [2.45, 2.75) is 19.4 Å². The number of benzene rings is 2. The van der Waals surface area contributed by atoms with E-state index in [1.807, 2.05) is 42.5 Å². The lowest BCUT2D eigenvalue weighted by Gasteiger charge is -2.13. The zero-order valence-corrected chi connectivity index (χ0v) is 15.1. The molecule has 1 atom stereocenters. The summed E-state index contributed by atoms with van der Waals surface area (Å²) < 4.78 is 27.5. The standard InChI is InChI=1S/C22H20O5/c1-2-3-6-18(17-8-10-20-22(13-17)27-15-25-20)23-11-4-5-16-7-9-19-21(12-16)26-14-24-19/h3,6-10,12-13,18H,2,11,14-15H2,1H3/b6-3+. The number of rotatable bonds is 5. The lowest BCUT2D eigenvalue weighted by atomic mass is 10.1. The van der Waals surface area contributed by atoms with Gasteiger partial charge in [0.2, 0.25) is 13.6 Å². The maximum Gasteiger partial charge on any atom is 0.231 e. The van der Waals surface area contributed by atoms with E-state index in [4.69, 9.17) is 23.7 Å². The van der Waals surface area contributed by atoms with Gasteiger partial charge >= 0.3 is 0 Å². The molecule has 2 heterocycles. The Morgan fingerprint density at radius 2 is 1.67 bits per heavy atom. The number of hydrogen-bond acceptors (Lipinski definition) is 5. The van der Waals surface area contributed by atoms with E-state index in [9.17, 15) is 0 Å². The van der Waals surface area contributed by atoms with Crippen LogP contribution in [0, 0.1) is 11.8 Å². The Bertz CT molecular complexity index is 907. The monoisotopic (exact) mass is 364 g/mol. The molecular weight excluding hydrogens is 344 g/mol. The summed E-state index contributed by atoms with van der Waals surface area (Å²) in [4.78, 5) is 0. The van der Waals surface area contributed by atoms with E-state index in [-0.39, 0.29) is 19.7 Å². The summed E-state index contributed by atoms with van der Waals surface area (Å²) in [7, 11) is 0. The van der Waals surface area contributed by atoms with Gasteiger partial charge < -0.3 is 23.7 Å². The maximum absolute atomic E-state index is 5.99. The Morgan fingerprint density at radius 1 is 0.963 bits per heavy atom. The summed E-state index contributed by atoms with van der Waals surface area (Å²) >= 11 is 0. The van der Waals surface area contributed by atoms with Gasteiger partial charge in [0.1, 0.15) is 12.7 Å². The van der Waals surface area contributed by atoms with Crippen LogP contribution in [-0.4, -0.2) is 20.2 Å². The van der Waals surface area contributed by atoms with Crippen LogP contribution in [0.25, 0.3) is 0 Å². The maximum atomic E-state index is 5.99.